The predicted octanol–water partition coefficient (Wildman–Crippen LogP) is 2.18. The maximum Gasteiger partial charge on any atom is 0.209 e. The molecule has 6 rings (SSSR count). The predicted molar refractivity (Wildman–Crippen MR) is 140 cm³/mol. The van der Waals surface area contributed by atoms with Crippen LogP contribution in [0.1, 0.15) is 11.6 Å². The van der Waals surface area contributed by atoms with Gasteiger partial charge in [0.15, 0.2) is 11.5 Å². The van der Waals surface area contributed by atoms with Gasteiger partial charge in [0, 0.05) is 50.3 Å². The lowest BCUT2D eigenvalue weighted by Gasteiger charge is -2.19. The molecule has 0 spiro atoms. The van der Waals surface area contributed by atoms with E-state index in [2.05, 4.69) is 41.7 Å². The van der Waals surface area contributed by atoms with Crippen LogP contribution in [0.3, 0.4) is 0 Å². The molecule has 10 heteroatoms. The fourth-order valence-electron chi connectivity index (χ4n) is 4.90. The number of nitrogens with zero attached hydrogens (tertiary/aromatic N) is 7. The average Bonchev–Trinajstić information content (AvgIpc) is 3.67. The van der Waals surface area contributed by atoms with Crippen LogP contribution in [-0.2, 0) is 11.8 Å². The van der Waals surface area contributed by atoms with Crippen LogP contribution in [0.4, 0.5) is 5.82 Å². The van der Waals surface area contributed by atoms with Gasteiger partial charge in [-0.3, -0.25) is 4.68 Å². The van der Waals surface area contributed by atoms with Crippen LogP contribution in [0, 0.1) is 23.7 Å². The van der Waals surface area contributed by atoms with E-state index in [-0.39, 0.29) is 0 Å². The van der Waals surface area contributed by atoms with Crippen molar-refractivity contribution in [2.75, 3.05) is 58.5 Å². The van der Waals surface area contributed by atoms with Gasteiger partial charge in [-0.2, -0.15) is 5.10 Å². The molecule has 2 aliphatic rings. The zero-order valence-corrected chi connectivity index (χ0v) is 21.3. The Balaban J connectivity index is 1.23. The summed E-state index contributed by atoms with van der Waals surface area (Å²) >= 11 is 0. The number of aryl methyl sites for hydroxylation is 1. The molecule has 0 radical (unpaired) electrons. The Morgan fingerprint density at radius 3 is 2.78 bits per heavy atom. The number of H-pyrrole nitrogens is 1. The van der Waals surface area contributed by atoms with Crippen molar-refractivity contribution in [2.45, 2.75) is 0 Å². The molecular weight excluding hydrogens is 468 g/mol. The maximum atomic E-state index is 5.86. The molecule has 2 fully saturated rings. The van der Waals surface area contributed by atoms with Crippen LogP contribution in [0.5, 0.6) is 5.75 Å². The minimum atomic E-state index is 0.452. The van der Waals surface area contributed by atoms with Gasteiger partial charge < -0.3 is 24.3 Å². The van der Waals surface area contributed by atoms with Crippen molar-refractivity contribution < 1.29 is 9.47 Å². The number of fused-ring (bicyclic) bond motifs is 2. The molecule has 3 aromatic heterocycles. The molecule has 190 valence electrons. The van der Waals surface area contributed by atoms with E-state index in [9.17, 15) is 0 Å². The van der Waals surface area contributed by atoms with Crippen LogP contribution in [0.25, 0.3) is 22.3 Å². The normalized spacial score (nSPS) is 18.9. The smallest absolute Gasteiger partial charge is 0.209 e. The summed E-state index contributed by atoms with van der Waals surface area (Å²) < 4.78 is 13.3. The Kier molecular flexibility index (Phi) is 6.24. The fourth-order valence-corrected chi connectivity index (χ4v) is 4.90. The Bertz CT molecular complexity index is 1470. The lowest BCUT2D eigenvalue weighted by atomic mass is 10.0. The zero-order chi connectivity index (χ0) is 25.4. The largest absolute Gasteiger partial charge is 0.492 e. The van der Waals surface area contributed by atoms with E-state index < -0.39 is 0 Å². The van der Waals surface area contributed by atoms with E-state index in [0.29, 0.717) is 30.1 Å². The highest BCUT2D eigenvalue weighted by molar-refractivity contribution is 5.87. The number of hydrogen-bond donors (Lipinski definition) is 1. The van der Waals surface area contributed by atoms with Crippen molar-refractivity contribution in [3.05, 3.63) is 48.3 Å². The number of rotatable bonds is 6. The van der Waals surface area contributed by atoms with Crippen LogP contribution in [-0.4, -0.2) is 88.2 Å². The Morgan fingerprint density at radius 1 is 1.14 bits per heavy atom. The first-order valence-electron chi connectivity index (χ1n) is 12.5. The number of hydrogen-bond acceptors (Lipinski definition) is 8. The van der Waals surface area contributed by atoms with Crippen molar-refractivity contribution in [1.82, 2.24) is 34.6 Å². The number of anilines is 1. The zero-order valence-electron chi connectivity index (χ0n) is 21.3. The molecule has 2 saturated heterocycles. The molecule has 10 nitrogen and oxygen atoms in total. The van der Waals surface area contributed by atoms with E-state index in [1.165, 1.54) is 0 Å². The van der Waals surface area contributed by atoms with Crippen LogP contribution in [0.15, 0.2) is 36.7 Å². The van der Waals surface area contributed by atoms with Gasteiger partial charge in [0.2, 0.25) is 5.82 Å². The van der Waals surface area contributed by atoms with E-state index in [1.807, 2.05) is 57.8 Å². The van der Waals surface area contributed by atoms with Crippen molar-refractivity contribution in [3.63, 3.8) is 0 Å². The van der Waals surface area contributed by atoms with Gasteiger partial charge in [-0.15, -0.1) is 0 Å². The summed E-state index contributed by atoms with van der Waals surface area (Å²) in [5.41, 5.74) is 2.54. The van der Waals surface area contributed by atoms with Crippen LogP contribution in [0.2, 0.25) is 0 Å². The molecule has 1 aromatic carbocycles. The maximum absolute atomic E-state index is 5.86. The lowest BCUT2D eigenvalue weighted by Crippen LogP contribution is -2.24. The number of benzene rings is 1. The Labute approximate surface area is 215 Å². The molecule has 0 unspecified atom stereocenters. The third kappa shape index (κ3) is 4.88. The lowest BCUT2D eigenvalue weighted by molar-refractivity contribution is 0.177. The first-order chi connectivity index (χ1) is 18.0. The molecule has 0 amide bonds. The summed E-state index contributed by atoms with van der Waals surface area (Å²) in [6, 6.07) is 7.92. The first-order valence-corrected chi connectivity index (χ1v) is 12.5. The van der Waals surface area contributed by atoms with Crippen molar-refractivity contribution in [1.29, 1.82) is 0 Å². The third-order valence-corrected chi connectivity index (χ3v) is 6.92. The number of aromatic nitrogens is 6. The minimum absolute atomic E-state index is 0.452. The van der Waals surface area contributed by atoms with Gasteiger partial charge in [0.1, 0.15) is 18.2 Å². The molecular formula is C27H30N8O2. The summed E-state index contributed by atoms with van der Waals surface area (Å²) in [6.45, 7) is 4.98. The Morgan fingerprint density at radius 2 is 1.97 bits per heavy atom. The Hall–Kier alpha value is -3.94. The molecule has 0 aliphatic carbocycles. The summed E-state index contributed by atoms with van der Waals surface area (Å²) in [4.78, 5) is 21.8. The van der Waals surface area contributed by atoms with Crippen molar-refractivity contribution in [2.24, 2.45) is 18.9 Å². The van der Waals surface area contributed by atoms with Gasteiger partial charge in [0.05, 0.1) is 30.5 Å². The second-order valence-corrected chi connectivity index (χ2v) is 9.90. The van der Waals surface area contributed by atoms with E-state index in [0.717, 1.165) is 66.7 Å². The molecule has 37 heavy (non-hydrogen) atoms. The van der Waals surface area contributed by atoms with Crippen LogP contribution < -0.4 is 9.64 Å². The second kappa shape index (κ2) is 9.84. The highest BCUT2D eigenvalue weighted by Gasteiger charge is 2.38. The SMILES string of the molecule is CN(C)CCOc1cccc(-c2c[nH]c(C#Cc3nc(N4C[C@H]5COC[C@H]5C4)c4cnn(C)c4n3)n2)c1. The fraction of sp³-hybridized carbons (Fsp3) is 0.407. The minimum Gasteiger partial charge on any atom is -0.492 e. The first kappa shape index (κ1) is 23.5. The molecule has 4 aromatic rings. The van der Waals surface area contributed by atoms with Crippen molar-refractivity contribution >= 4 is 16.9 Å². The highest BCUT2D eigenvalue weighted by atomic mass is 16.5. The standard InChI is InChI=1S/C27H30N8O2/c1-33(2)9-10-37-21-6-4-5-18(11-21)23-13-28-24(30-23)7-8-25-31-26-22(12-29-34(26)3)27(32-25)35-14-19-16-36-17-20(19)15-35/h4-6,11-13,19-20H,9-10,14-17H2,1-3H3,(H,28,30)/t19-,20+. The average molecular weight is 499 g/mol. The van der Waals surface area contributed by atoms with Gasteiger partial charge in [0.25, 0.3) is 0 Å². The highest BCUT2D eigenvalue weighted by Crippen LogP contribution is 2.34. The number of imidazole rings is 1. The van der Waals surface area contributed by atoms with Gasteiger partial charge in [-0.05, 0) is 38.1 Å². The van der Waals surface area contributed by atoms with E-state index in [1.54, 1.807) is 4.68 Å². The van der Waals surface area contributed by atoms with E-state index >= 15 is 0 Å². The molecule has 2 atom stereocenters. The molecule has 1 N–H and O–H groups in total. The summed E-state index contributed by atoms with van der Waals surface area (Å²) in [7, 11) is 5.94. The van der Waals surface area contributed by atoms with E-state index in [4.69, 9.17) is 14.5 Å². The third-order valence-electron chi connectivity index (χ3n) is 6.92. The number of nitrogens with one attached hydrogen (secondary N) is 1. The van der Waals surface area contributed by atoms with Crippen molar-refractivity contribution in [3.8, 4) is 28.8 Å². The second-order valence-electron chi connectivity index (χ2n) is 9.90. The topological polar surface area (TPSA) is 97.2 Å². The monoisotopic (exact) mass is 498 g/mol. The summed E-state index contributed by atoms with van der Waals surface area (Å²) in [5, 5.41) is 5.36. The molecule has 0 saturated carbocycles. The number of likely N-dealkylation sites (N-methyl/N-ethyl adjacent to an activating group) is 1. The number of ether oxygens (including phenoxy) is 2. The number of aromatic amines is 1. The van der Waals surface area contributed by atoms with Gasteiger partial charge >= 0.3 is 0 Å². The summed E-state index contributed by atoms with van der Waals surface area (Å²) in [5.74, 6) is 10.0. The quantitative estimate of drug-likeness (QED) is 0.404. The molecule has 5 heterocycles. The van der Waals surface area contributed by atoms with Gasteiger partial charge in [-0.1, -0.05) is 12.1 Å². The molecule has 0 bridgehead atoms. The van der Waals surface area contributed by atoms with Gasteiger partial charge in [-0.25, -0.2) is 15.0 Å². The summed E-state index contributed by atoms with van der Waals surface area (Å²) in [6.07, 6.45) is 3.69. The van der Waals surface area contributed by atoms with Crippen LogP contribution >= 0.6 is 0 Å². The molecule has 2 aliphatic heterocycles.